The van der Waals surface area contributed by atoms with Crippen molar-refractivity contribution in [2.45, 2.75) is 12.8 Å². The Kier molecular flexibility index (Phi) is 5.95. The molecule has 1 fully saturated rings. The van der Waals surface area contributed by atoms with Gasteiger partial charge in [0.05, 0.1) is 0 Å². The first-order valence-electron chi connectivity index (χ1n) is 9.91. The average molecular weight is 424 g/mol. The van der Waals surface area contributed by atoms with Gasteiger partial charge in [-0.2, -0.15) is 0 Å². The van der Waals surface area contributed by atoms with Crippen molar-refractivity contribution in [2.75, 3.05) is 25.0 Å². The third-order valence-electron chi connectivity index (χ3n) is 5.48. The highest BCUT2D eigenvalue weighted by molar-refractivity contribution is 6.30. The van der Waals surface area contributed by atoms with Gasteiger partial charge in [0, 0.05) is 54.4 Å². The van der Waals surface area contributed by atoms with Gasteiger partial charge in [-0.25, -0.2) is 14.4 Å². The summed E-state index contributed by atoms with van der Waals surface area (Å²) in [7, 11) is 1.74. The summed E-state index contributed by atoms with van der Waals surface area (Å²) in [6.45, 7) is 1.63. The summed E-state index contributed by atoms with van der Waals surface area (Å²) in [5.41, 5.74) is 8.67. The van der Waals surface area contributed by atoms with Gasteiger partial charge < -0.3 is 10.6 Å². The summed E-state index contributed by atoms with van der Waals surface area (Å²) in [4.78, 5) is 15.5. The highest BCUT2D eigenvalue weighted by atomic mass is 35.5. The maximum absolute atomic E-state index is 14.8. The van der Waals surface area contributed by atoms with E-state index >= 15 is 0 Å². The van der Waals surface area contributed by atoms with E-state index in [-0.39, 0.29) is 11.7 Å². The smallest absolute Gasteiger partial charge is 0.162 e. The molecular formula is C23H23ClFN5. The standard InChI is InChI=1S/C23H23ClFN5/c1-27-13-16(12-26)15-4-3-9-30(14-15)22-11-20(18-7-6-17(24)10-21(18)25)19-5-2-8-28-23(19)29-22/h2,5-8,10-13,15H,3-4,9,14,26H2,1H3. The van der Waals surface area contributed by atoms with Crippen LogP contribution in [0.1, 0.15) is 12.8 Å². The molecule has 3 heterocycles. The number of aromatic nitrogens is 2. The Labute approximate surface area is 180 Å². The lowest BCUT2D eigenvalue weighted by Crippen LogP contribution is -2.37. The summed E-state index contributed by atoms with van der Waals surface area (Å²) in [5, 5.41) is 1.17. The second-order valence-corrected chi connectivity index (χ2v) is 7.80. The number of hydrogen-bond acceptors (Lipinski definition) is 5. The van der Waals surface area contributed by atoms with Gasteiger partial charge in [0.1, 0.15) is 11.6 Å². The normalized spacial score (nSPS) is 17.8. The van der Waals surface area contributed by atoms with Crippen molar-refractivity contribution in [3.05, 3.63) is 65.2 Å². The van der Waals surface area contributed by atoms with E-state index in [2.05, 4.69) is 14.9 Å². The second kappa shape index (κ2) is 8.79. The molecule has 0 saturated carbocycles. The zero-order chi connectivity index (χ0) is 21.1. The summed E-state index contributed by atoms with van der Waals surface area (Å²) in [6, 6.07) is 10.4. The molecule has 154 valence electrons. The summed E-state index contributed by atoms with van der Waals surface area (Å²) in [5.74, 6) is 0.679. The van der Waals surface area contributed by atoms with Crippen LogP contribution in [0.3, 0.4) is 0 Å². The van der Waals surface area contributed by atoms with Crippen molar-refractivity contribution < 1.29 is 4.39 Å². The van der Waals surface area contributed by atoms with Crippen LogP contribution < -0.4 is 10.6 Å². The molecular weight excluding hydrogens is 401 g/mol. The second-order valence-electron chi connectivity index (χ2n) is 7.37. The molecule has 0 amide bonds. The maximum Gasteiger partial charge on any atom is 0.162 e. The fourth-order valence-corrected chi connectivity index (χ4v) is 4.19. The van der Waals surface area contributed by atoms with Gasteiger partial charge in [-0.15, -0.1) is 0 Å². The minimum absolute atomic E-state index is 0.268. The number of anilines is 1. The Balaban J connectivity index is 1.78. The molecule has 1 aliphatic rings. The first kappa shape index (κ1) is 20.3. The molecule has 5 nitrogen and oxygen atoms in total. The Hall–Kier alpha value is -2.99. The highest BCUT2D eigenvalue weighted by Gasteiger charge is 2.24. The van der Waals surface area contributed by atoms with E-state index in [0.29, 0.717) is 16.2 Å². The average Bonchev–Trinajstić information content (AvgIpc) is 2.77. The van der Waals surface area contributed by atoms with Gasteiger partial charge >= 0.3 is 0 Å². The minimum Gasteiger partial charge on any atom is -0.404 e. The number of halogens is 2. The molecule has 1 saturated heterocycles. The van der Waals surface area contributed by atoms with E-state index in [4.69, 9.17) is 22.3 Å². The quantitative estimate of drug-likeness (QED) is 0.609. The maximum atomic E-state index is 14.8. The number of aliphatic imine (C=N–C) groups is 1. The van der Waals surface area contributed by atoms with Crippen LogP contribution in [0.25, 0.3) is 22.2 Å². The zero-order valence-electron chi connectivity index (χ0n) is 16.7. The lowest BCUT2D eigenvalue weighted by molar-refractivity contribution is 0.474. The minimum atomic E-state index is -0.367. The molecule has 0 bridgehead atoms. The van der Waals surface area contributed by atoms with Crippen LogP contribution in [0.4, 0.5) is 10.2 Å². The molecule has 0 aliphatic carbocycles. The Morgan fingerprint density at radius 2 is 2.17 bits per heavy atom. The summed E-state index contributed by atoms with van der Waals surface area (Å²) in [6.07, 6.45) is 7.19. The number of rotatable bonds is 4. The van der Waals surface area contributed by atoms with Crippen molar-refractivity contribution >= 4 is 34.7 Å². The topological polar surface area (TPSA) is 67.4 Å². The summed E-state index contributed by atoms with van der Waals surface area (Å²) < 4.78 is 14.8. The third kappa shape index (κ3) is 4.00. The molecule has 30 heavy (non-hydrogen) atoms. The Morgan fingerprint density at radius 3 is 2.93 bits per heavy atom. The number of benzene rings is 1. The largest absolute Gasteiger partial charge is 0.404 e. The van der Waals surface area contributed by atoms with Crippen LogP contribution in [-0.4, -0.2) is 36.3 Å². The zero-order valence-corrected chi connectivity index (χ0v) is 17.5. The third-order valence-corrected chi connectivity index (χ3v) is 5.71. The molecule has 2 aromatic heterocycles. The van der Waals surface area contributed by atoms with Gasteiger partial charge in [0.15, 0.2) is 5.65 Å². The van der Waals surface area contributed by atoms with Gasteiger partial charge in [0.25, 0.3) is 0 Å². The van der Waals surface area contributed by atoms with Crippen LogP contribution in [0.15, 0.2) is 59.4 Å². The fourth-order valence-electron chi connectivity index (χ4n) is 4.03. The lowest BCUT2D eigenvalue weighted by Gasteiger charge is -2.34. The molecule has 0 radical (unpaired) electrons. The first-order chi connectivity index (χ1) is 14.6. The predicted molar refractivity (Wildman–Crippen MR) is 122 cm³/mol. The molecule has 1 atom stereocenters. The van der Waals surface area contributed by atoms with Crippen LogP contribution in [-0.2, 0) is 0 Å². The van der Waals surface area contributed by atoms with E-state index in [0.717, 1.165) is 48.3 Å². The van der Waals surface area contributed by atoms with Crippen LogP contribution in [0.5, 0.6) is 0 Å². The Bertz CT molecular complexity index is 1130. The number of pyridine rings is 2. The van der Waals surface area contributed by atoms with Crippen LogP contribution in [0, 0.1) is 11.7 Å². The molecule has 2 N–H and O–H groups in total. The number of piperidine rings is 1. The van der Waals surface area contributed by atoms with E-state index in [1.165, 1.54) is 6.07 Å². The summed E-state index contributed by atoms with van der Waals surface area (Å²) >= 11 is 5.96. The number of nitrogens with zero attached hydrogens (tertiary/aromatic N) is 4. The van der Waals surface area contributed by atoms with Gasteiger partial charge in [-0.1, -0.05) is 11.6 Å². The van der Waals surface area contributed by atoms with Crippen molar-refractivity contribution in [3.63, 3.8) is 0 Å². The van der Waals surface area contributed by atoms with E-state index in [1.54, 1.807) is 31.6 Å². The van der Waals surface area contributed by atoms with Crippen molar-refractivity contribution in [3.8, 4) is 11.1 Å². The van der Waals surface area contributed by atoms with E-state index in [1.807, 2.05) is 24.4 Å². The van der Waals surface area contributed by atoms with Gasteiger partial charge in [-0.05, 0) is 66.6 Å². The van der Waals surface area contributed by atoms with Crippen molar-refractivity contribution in [1.82, 2.24) is 9.97 Å². The van der Waals surface area contributed by atoms with Gasteiger partial charge in [-0.3, -0.25) is 4.99 Å². The SMILES string of the molecule is CN=CC(=CN)C1CCCN(c2cc(-c3ccc(Cl)cc3F)c3cccnc3n2)C1. The first-order valence-corrected chi connectivity index (χ1v) is 10.3. The van der Waals surface area contributed by atoms with Crippen molar-refractivity contribution in [1.29, 1.82) is 0 Å². The predicted octanol–water partition coefficient (Wildman–Crippen LogP) is 4.85. The number of hydrogen-bond donors (Lipinski definition) is 1. The fraction of sp³-hybridized carbons (Fsp3) is 0.261. The highest BCUT2D eigenvalue weighted by Crippen LogP contribution is 2.35. The van der Waals surface area contributed by atoms with Crippen LogP contribution in [0.2, 0.25) is 5.02 Å². The molecule has 3 aromatic rings. The molecule has 1 aliphatic heterocycles. The van der Waals surface area contributed by atoms with E-state index in [9.17, 15) is 4.39 Å². The van der Waals surface area contributed by atoms with Crippen molar-refractivity contribution in [2.24, 2.45) is 16.6 Å². The molecule has 0 spiro atoms. The van der Waals surface area contributed by atoms with Crippen LogP contribution >= 0.6 is 11.6 Å². The molecule has 1 unspecified atom stereocenters. The monoisotopic (exact) mass is 423 g/mol. The molecule has 1 aromatic carbocycles. The Morgan fingerprint density at radius 1 is 1.30 bits per heavy atom. The number of fused-ring (bicyclic) bond motifs is 1. The lowest BCUT2D eigenvalue weighted by atomic mass is 9.91. The number of nitrogens with two attached hydrogens (primary N) is 1. The van der Waals surface area contributed by atoms with Gasteiger partial charge in [0.2, 0.25) is 0 Å². The molecule has 7 heteroatoms. The van der Waals surface area contributed by atoms with E-state index < -0.39 is 0 Å². The molecule has 4 rings (SSSR count).